The van der Waals surface area contributed by atoms with E-state index < -0.39 is 5.97 Å². The molecule has 0 amide bonds. The molecule has 1 saturated heterocycles. The van der Waals surface area contributed by atoms with E-state index in [0.29, 0.717) is 6.54 Å². The molecule has 4 nitrogen and oxygen atoms in total. The summed E-state index contributed by atoms with van der Waals surface area (Å²) in [4.78, 5) is 12.5. The summed E-state index contributed by atoms with van der Waals surface area (Å²) in [5.41, 5.74) is 0. The van der Waals surface area contributed by atoms with E-state index in [2.05, 4.69) is 6.58 Å². The van der Waals surface area contributed by atoms with Crippen LogP contribution in [0.15, 0.2) is 12.7 Å². The van der Waals surface area contributed by atoms with E-state index in [0.717, 1.165) is 13.0 Å². The van der Waals surface area contributed by atoms with E-state index in [9.17, 15) is 4.79 Å². The third kappa shape index (κ3) is 2.82. The van der Waals surface area contributed by atoms with Crippen LogP contribution in [0.3, 0.4) is 0 Å². The van der Waals surface area contributed by atoms with Gasteiger partial charge in [0.1, 0.15) is 0 Å². The van der Waals surface area contributed by atoms with Gasteiger partial charge < -0.3 is 9.84 Å². The van der Waals surface area contributed by atoms with Crippen molar-refractivity contribution in [3.05, 3.63) is 12.7 Å². The lowest BCUT2D eigenvalue weighted by Gasteiger charge is -2.27. The maximum absolute atomic E-state index is 10.6. The van der Waals surface area contributed by atoms with Crippen LogP contribution in [-0.2, 0) is 9.53 Å². The van der Waals surface area contributed by atoms with E-state index in [-0.39, 0.29) is 18.7 Å². The normalized spacial score (nSPS) is 26.7. The molecule has 4 heteroatoms. The summed E-state index contributed by atoms with van der Waals surface area (Å²) in [7, 11) is 0. The fraction of sp³-hybridized carbons (Fsp3) is 0.700. The predicted octanol–water partition coefficient (Wildman–Crippen LogP) is 0.736. The number of ether oxygens (including phenoxy) is 1. The number of aliphatic carboxylic acids is 1. The monoisotopic (exact) mass is 199 g/mol. The molecular weight excluding hydrogens is 182 g/mol. The number of hydrogen-bond donors (Lipinski definition) is 1. The van der Waals surface area contributed by atoms with Gasteiger partial charge in [-0.2, -0.15) is 0 Å². The quantitative estimate of drug-likeness (QED) is 0.663. The highest BCUT2D eigenvalue weighted by Crippen LogP contribution is 2.19. The molecule has 0 saturated carbocycles. The second-order valence-electron chi connectivity index (χ2n) is 3.54. The smallest absolute Gasteiger partial charge is 0.317 e. The summed E-state index contributed by atoms with van der Waals surface area (Å²) < 4.78 is 5.41. The van der Waals surface area contributed by atoms with Crippen molar-refractivity contribution < 1.29 is 14.6 Å². The third-order valence-corrected chi connectivity index (χ3v) is 2.51. The van der Waals surface area contributed by atoms with Crippen LogP contribution in [0.5, 0.6) is 0 Å². The van der Waals surface area contributed by atoms with Gasteiger partial charge in [-0.1, -0.05) is 6.08 Å². The molecule has 1 N–H and O–H groups in total. The summed E-state index contributed by atoms with van der Waals surface area (Å²) in [6.07, 6.45) is 2.75. The van der Waals surface area contributed by atoms with Crippen molar-refractivity contribution >= 4 is 5.97 Å². The molecule has 0 aromatic rings. The second kappa shape index (κ2) is 5.12. The van der Waals surface area contributed by atoms with E-state index in [1.54, 1.807) is 6.08 Å². The molecule has 1 heterocycles. The van der Waals surface area contributed by atoms with E-state index in [4.69, 9.17) is 9.84 Å². The highest BCUT2D eigenvalue weighted by Gasteiger charge is 2.30. The van der Waals surface area contributed by atoms with Crippen LogP contribution >= 0.6 is 0 Å². The summed E-state index contributed by atoms with van der Waals surface area (Å²) in [5.74, 6) is -0.800. The Labute approximate surface area is 84.2 Å². The van der Waals surface area contributed by atoms with E-state index in [1.807, 2.05) is 11.8 Å². The predicted molar refractivity (Wildman–Crippen MR) is 53.2 cm³/mol. The van der Waals surface area contributed by atoms with Gasteiger partial charge in [0.05, 0.1) is 12.6 Å². The molecule has 1 fully saturated rings. The molecule has 1 aliphatic rings. The molecule has 0 aromatic carbocycles. The lowest BCUT2D eigenvalue weighted by molar-refractivity contribution is -0.139. The van der Waals surface area contributed by atoms with Crippen molar-refractivity contribution in [2.45, 2.75) is 25.5 Å². The highest BCUT2D eigenvalue weighted by atomic mass is 16.5. The van der Waals surface area contributed by atoms with Crippen molar-refractivity contribution in [2.75, 3.05) is 19.7 Å². The fourth-order valence-electron chi connectivity index (χ4n) is 1.86. The summed E-state index contributed by atoms with van der Waals surface area (Å²) in [6.45, 7) is 6.99. The minimum Gasteiger partial charge on any atom is -0.480 e. The first-order chi connectivity index (χ1) is 6.65. The molecule has 0 aromatic heterocycles. The lowest BCUT2D eigenvalue weighted by atomic mass is 10.1. The standard InChI is InChI=1S/C10H17NO3/c1-3-5-11(7-10(12)13)9-4-6-14-8(9)2/h3,8-9H,1,4-7H2,2H3,(H,12,13). The largest absolute Gasteiger partial charge is 0.480 e. The summed E-state index contributed by atoms with van der Waals surface area (Å²) in [6, 6.07) is 0.212. The number of carboxylic acids is 1. The van der Waals surface area contributed by atoms with Gasteiger partial charge in [-0.25, -0.2) is 0 Å². The van der Waals surface area contributed by atoms with Crippen LogP contribution in [0.4, 0.5) is 0 Å². The Morgan fingerprint density at radius 3 is 2.93 bits per heavy atom. The van der Waals surface area contributed by atoms with Gasteiger partial charge in [-0.3, -0.25) is 9.69 Å². The minimum absolute atomic E-state index is 0.0599. The number of nitrogens with zero attached hydrogens (tertiary/aromatic N) is 1. The van der Waals surface area contributed by atoms with Crippen LogP contribution in [0.25, 0.3) is 0 Å². The first kappa shape index (κ1) is 11.2. The van der Waals surface area contributed by atoms with Crippen LogP contribution in [-0.4, -0.2) is 47.8 Å². The van der Waals surface area contributed by atoms with Crippen molar-refractivity contribution in [2.24, 2.45) is 0 Å². The third-order valence-electron chi connectivity index (χ3n) is 2.51. The zero-order valence-corrected chi connectivity index (χ0v) is 8.48. The average molecular weight is 199 g/mol. The SMILES string of the molecule is C=CCN(CC(=O)O)C1CCOC1C. The maximum atomic E-state index is 10.6. The van der Waals surface area contributed by atoms with Gasteiger partial charge >= 0.3 is 5.97 Å². The van der Waals surface area contributed by atoms with Gasteiger partial charge in [0.2, 0.25) is 0 Å². The molecular formula is C10H17NO3. The summed E-state index contributed by atoms with van der Waals surface area (Å²) >= 11 is 0. The molecule has 0 spiro atoms. The first-order valence-corrected chi connectivity index (χ1v) is 4.83. The number of carbonyl (C=O) groups is 1. The highest BCUT2D eigenvalue weighted by molar-refractivity contribution is 5.69. The van der Waals surface area contributed by atoms with Gasteiger partial charge in [0.25, 0.3) is 0 Å². The Hall–Kier alpha value is -0.870. The molecule has 80 valence electrons. The minimum atomic E-state index is -0.800. The average Bonchev–Trinajstić information content (AvgIpc) is 2.50. The van der Waals surface area contributed by atoms with Crippen molar-refractivity contribution in [1.82, 2.24) is 4.90 Å². The molecule has 0 radical (unpaired) electrons. The summed E-state index contributed by atoms with van der Waals surface area (Å²) in [5, 5.41) is 8.74. The van der Waals surface area contributed by atoms with Gasteiger partial charge in [-0.05, 0) is 13.3 Å². The first-order valence-electron chi connectivity index (χ1n) is 4.83. The Balaban J connectivity index is 2.56. The Morgan fingerprint density at radius 2 is 2.50 bits per heavy atom. The van der Waals surface area contributed by atoms with E-state index in [1.165, 1.54) is 0 Å². The van der Waals surface area contributed by atoms with Gasteiger partial charge in [0, 0.05) is 19.2 Å². The number of rotatable bonds is 5. The molecule has 2 atom stereocenters. The topological polar surface area (TPSA) is 49.8 Å². The molecule has 0 bridgehead atoms. The second-order valence-corrected chi connectivity index (χ2v) is 3.54. The zero-order valence-electron chi connectivity index (χ0n) is 8.48. The van der Waals surface area contributed by atoms with Crippen LogP contribution in [0, 0.1) is 0 Å². The molecule has 2 unspecified atom stereocenters. The number of hydrogen-bond acceptors (Lipinski definition) is 3. The maximum Gasteiger partial charge on any atom is 0.317 e. The van der Waals surface area contributed by atoms with Gasteiger partial charge in [0.15, 0.2) is 0 Å². The van der Waals surface area contributed by atoms with Crippen LogP contribution in [0.1, 0.15) is 13.3 Å². The van der Waals surface area contributed by atoms with Crippen LogP contribution < -0.4 is 0 Å². The Morgan fingerprint density at radius 1 is 1.79 bits per heavy atom. The van der Waals surface area contributed by atoms with Crippen molar-refractivity contribution in [3.8, 4) is 0 Å². The number of carboxylic acid groups (broad SMARTS) is 1. The Bertz CT molecular complexity index is 217. The van der Waals surface area contributed by atoms with Crippen molar-refractivity contribution in [3.63, 3.8) is 0 Å². The lowest BCUT2D eigenvalue weighted by Crippen LogP contribution is -2.42. The molecule has 1 rings (SSSR count). The van der Waals surface area contributed by atoms with E-state index >= 15 is 0 Å². The Kier molecular flexibility index (Phi) is 4.10. The zero-order chi connectivity index (χ0) is 10.6. The fourth-order valence-corrected chi connectivity index (χ4v) is 1.86. The van der Waals surface area contributed by atoms with Crippen LogP contribution in [0.2, 0.25) is 0 Å². The molecule has 14 heavy (non-hydrogen) atoms. The molecule has 1 aliphatic heterocycles. The molecule has 0 aliphatic carbocycles. The van der Waals surface area contributed by atoms with Gasteiger partial charge in [-0.15, -0.1) is 6.58 Å². The van der Waals surface area contributed by atoms with Crippen molar-refractivity contribution in [1.29, 1.82) is 0 Å².